The molecule has 0 spiro atoms. The second kappa shape index (κ2) is 9.74. The Hall–Kier alpha value is -1.12. The van der Waals surface area contributed by atoms with Gasteiger partial charge in [-0.1, -0.05) is 42.4 Å². The minimum Gasteiger partial charge on any atom is -0.476 e. The van der Waals surface area contributed by atoms with Crippen molar-refractivity contribution in [2.45, 2.75) is 63.4 Å². The van der Waals surface area contributed by atoms with E-state index in [1.54, 1.807) is 21.6 Å². The molecule has 2 saturated heterocycles. The van der Waals surface area contributed by atoms with Crippen molar-refractivity contribution >= 4 is 46.5 Å². The van der Waals surface area contributed by atoms with E-state index in [1.807, 2.05) is 6.92 Å². The van der Waals surface area contributed by atoms with E-state index in [2.05, 4.69) is 35.7 Å². The molecule has 2 fully saturated rings. The first-order valence-electron chi connectivity index (χ1n) is 10.8. The normalized spacial score (nSPS) is 31.6. The Morgan fingerprint density at radius 3 is 2.88 bits per heavy atom. The van der Waals surface area contributed by atoms with Crippen molar-refractivity contribution in [3.8, 4) is 5.88 Å². The minimum atomic E-state index is -3.87. The van der Waals surface area contributed by atoms with Crippen molar-refractivity contribution in [1.29, 1.82) is 0 Å². The highest BCUT2D eigenvalue weighted by molar-refractivity contribution is 8.77. The van der Waals surface area contributed by atoms with Gasteiger partial charge in [0.25, 0.3) is 0 Å². The highest BCUT2D eigenvalue weighted by Crippen LogP contribution is 2.59. The molecule has 0 aliphatic carbocycles. The van der Waals surface area contributed by atoms with Crippen LogP contribution in [0.25, 0.3) is 11.2 Å². The van der Waals surface area contributed by atoms with E-state index in [0.29, 0.717) is 23.5 Å². The SMILES string of the molecule is CCOc1nc(N)nc2c1ncn2[C@@H]1O[C@@H]2CO[P@](=O)(OCCSSC(C)(C)C)O[C@H]2[C@@]1(C)O. The summed E-state index contributed by atoms with van der Waals surface area (Å²) in [4.78, 5) is 12.6. The van der Waals surface area contributed by atoms with E-state index in [4.69, 9.17) is 28.8 Å². The first-order valence-corrected chi connectivity index (χ1v) is 14.6. The number of nitrogens with two attached hydrogens (primary N) is 1. The Morgan fingerprint density at radius 1 is 1.41 bits per heavy atom. The summed E-state index contributed by atoms with van der Waals surface area (Å²) in [5.74, 6) is 0.832. The number of phosphoric ester groups is 1. The van der Waals surface area contributed by atoms with E-state index in [-0.39, 0.29) is 29.8 Å². The Kier molecular flexibility index (Phi) is 7.43. The zero-order valence-corrected chi connectivity index (χ0v) is 22.2. The van der Waals surface area contributed by atoms with Crippen LogP contribution in [-0.4, -0.2) is 72.8 Å². The third-order valence-corrected chi connectivity index (χ3v) is 9.78. The molecule has 0 aromatic carbocycles. The first-order chi connectivity index (χ1) is 15.9. The average Bonchev–Trinajstić information content (AvgIpc) is 3.25. The van der Waals surface area contributed by atoms with Crippen LogP contribution in [0.3, 0.4) is 0 Å². The molecule has 4 heterocycles. The largest absolute Gasteiger partial charge is 0.476 e. The zero-order valence-electron chi connectivity index (χ0n) is 19.7. The molecule has 0 bridgehead atoms. The molecule has 2 aromatic heterocycles. The first kappa shape index (κ1) is 26.0. The number of nitrogens with zero attached hydrogens (tertiary/aromatic N) is 4. The molecule has 5 atom stereocenters. The molecule has 2 aromatic rings. The van der Waals surface area contributed by atoms with E-state index >= 15 is 0 Å². The highest BCUT2D eigenvalue weighted by atomic mass is 33.1. The summed E-state index contributed by atoms with van der Waals surface area (Å²) in [5.41, 5.74) is 4.94. The summed E-state index contributed by atoms with van der Waals surface area (Å²) in [6.07, 6.45) is -1.15. The third kappa shape index (κ3) is 5.34. The Labute approximate surface area is 205 Å². The van der Waals surface area contributed by atoms with Crippen LogP contribution in [0.4, 0.5) is 5.95 Å². The van der Waals surface area contributed by atoms with Crippen molar-refractivity contribution in [3.05, 3.63) is 6.33 Å². The number of imidazole rings is 1. The van der Waals surface area contributed by atoms with Crippen molar-refractivity contribution in [1.82, 2.24) is 19.5 Å². The lowest BCUT2D eigenvalue weighted by Crippen LogP contribution is -2.47. The minimum absolute atomic E-state index is 0.00673. The molecule has 0 saturated carbocycles. The second-order valence-electron chi connectivity index (χ2n) is 9.02. The molecule has 190 valence electrons. The molecule has 0 radical (unpaired) electrons. The van der Waals surface area contributed by atoms with Gasteiger partial charge in [0, 0.05) is 10.5 Å². The van der Waals surface area contributed by atoms with Crippen LogP contribution in [0.1, 0.15) is 40.8 Å². The smallest absolute Gasteiger partial charge is 0.475 e. The quantitative estimate of drug-likeness (QED) is 0.289. The van der Waals surface area contributed by atoms with E-state index in [1.165, 1.54) is 17.8 Å². The highest BCUT2D eigenvalue weighted by Gasteiger charge is 2.60. The Balaban J connectivity index is 1.49. The maximum Gasteiger partial charge on any atom is 0.475 e. The van der Waals surface area contributed by atoms with Crippen molar-refractivity contribution < 1.29 is 32.7 Å². The van der Waals surface area contributed by atoms with Crippen LogP contribution in [-0.2, 0) is 22.9 Å². The fourth-order valence-corrected chi connectivity index (χ4v) is 7.35. The number of nitrogen functional groups attached to an aromatic ring is 1. The number of phosphoric acid groups is 1. The molecule has 15 heteroatoms. The lowest BCUT2D eigenvalue weighted by molar-refractivity contribution is -0.0907. The summed E-state index contributed by atoms with van der Waals surface area (Å²) in [7, 11) is -0.551. The number of fused-ring (bicyclic) bond motifs is 2. The molecule has 34 heavy (non-hydrogen) atoms. The molecule has 0 unspecified atom stereocenters. The summed E-state index contributed by atoms with van der Waals surface area (Å²) in [6.45, 7) is 10.2. The van der Waals surface area contributed by atoms with Gasteiger partial charge in [-0.2, -0.15) is 9.97 Å². The van der Waals surface area contributed by atoms with Gasteiger partial charge in [0.05, 0.1) is 26.1 Å². The molecule has 3 N–H and O–H groups in total. The maximum atomic E-state index is 13.1. The fourth-order valence-electron chi connectivity index (χ4n) is 3.66. The Bertz CT molecular complexity index is 1080. The van der Waals surface area contributed by atoms with Gasteiger partial charge >= 0.3 is 7.82 Å². The van der Waals surface area contributed by atoms with Gasteiger partial charge in [-0.05, 0) is 13.8 Å². The fraction of sp³-hybridized carbons (Fsp3) is 0.737. The summed E-state index contributed by atoms with van der Waals surface area (Å²) in [5, 5.41) is 11.4. The number of anilines is 1. The van der Waals surface area contributed by atoms with Gasteiger partial charge in [-0.15, -0.1) is 0 Å². The lowest BCUT2D eigenvalue weighted by atomic mass is 9.96. The standard InChI is InChI=1S/C19H30N5O7PS2/c1-6-27-15-12-14(22-17(20)23-15)24(10-21-12)16-19(5,25)13-11(30-16)9-29-32(26,31-13)28-7-8-33-34-18(2,3)4/h10-11,13,16,25H,6-9H2,1-5H3,(H2,20,22,23)/t11-,13-,16-,19-,32+/m1/s1. The number of hydrogen-bond donors (Lipinski definition) is 2. The molecule has 12 nitrogen and oxygen atoms in total. The molecule has 0 amide bonds. The van der Waals surface area contributed by atoms with E-state index < -0.39 is 31.9 Å². The number of ether oxygens (including phenoxy) is 2. The van der Waals surface area contributed by atoms with Gasteiger partial charge in [-0.25, -0.2) is 9.55 Å². The predicted molar refractivity (Wildman–Crippen MR) is 130 cm³/mol. The Morgan fingerprint density at radius 2 is 2.18 bits per heavy atom. The van der Waals surface area contributed by atoms with Gasteiger partial charge in [0.2, 0.25) is 11.8 Å². The predicted octanol–water partition coefficient (Wildman–Crippen LogP) is 3.18. The van der Waals surface area contributed by atoms with Crippen LogP contribution >= 0.6 is 29.4 Å². The lowest BCUT2D eigenvalue weighted by Gasteiger charge is -2.35. The molecule has 4 rings (SSSR count). The average molecular weight is 536 g/mol. The van der Waals surface area contributed by atoms with Crippen LogP contribution < -0.4 is 10.5 Å². The summed E-state index contributed by atoms with van der Waals surface area (Å²) in [6, 6.07) is 0. The van der Waals surface area contributed by atoms with E-state index in [9.17, 15) is 9.67 Å². The summed E-state index contributed by atoms with van der Waals surface area (Å²) < 4.78 is 42.8. The molecular formula is C19H30N5O7PS2. The van der Waals surface area contributed by atoms with Crippen molar-refractivity contribution in [2.24, 2.45) is 0 Å². The monoisotopic (exact) mass is 535 g/mol. The van der Waals surface area contributed by atoms with Gasteiger partial charge in [0.15, 0.2) is 17.4 Å². The van der Waals surface area contributed by atoms with E-state index in [0.717, 1.165) is 0 Å². The van der Waals surface area contributed by atoms with Crippen LogP contribution in [0.2, 0.25) is 0 Å². The van der Waals surface area contributed by atoms with Gasteiger partial charge in [0.1, 0.15) is 17.8 Å². The maximum absolute atomic E-state index is 13.1. The van der Waals surface area contributed by atoms with Gasteiger partial charge < -0.3 is 20.3 Å². The topological polar surface area (TPSA) is 153 Å². The van der Waals surface area contributed by atoms with Crippen molar-refractivity contribution in [2.75, 3.05) is 31.3 Å². The molecule has 2 aliphatic heterocycles. The third-order valence-electron chi connectivity index (χ3n) is 5.02. The van der Waals surface area contributed by atoms with Crippen molar-refractivity contribution in [3.63, 3.8) is 0 Å². The van der Waals surface area contributed by atoms with Gasteiger partial charge in [-0.3, -0.25) is 18.1 Å². The molecular weight excluding hydrogens is 505 g/mol. The second-order valence-corrected chi connectivity index (χ2v) is 13.9. The summed E-state index contributed by atoms with van der Waals surface area (Å²) >= 11 is 0. The number of aromatic nitrogens is 4. The number of hydrogen-bond acceptors (Lipinski definition) is 13. The van der Waals surface area contributed by atoms with Crippen LogP contribution in [0.5, 0.6) is 5.88 Å². The van der Waals surface area contributed by atoms with Crippen LogP contribution in [0.15, 0.2) is 6.33 Å². The molecule has 2 aliphatic rings. The number of rotatable bonds is 8. The van der Waals surface area contributed by atoms with Crippen LogP contribution in [0, 0.1) is 0 Å². The number of aliphatic hydroxyl groups is 1. The zero-order chi connectivity index (χ0) is 24.7.